The van der Waals surface area contributed by atoms with Crippen LogP contribution in [0.1, 0.15) is 21.9 Å². The van der Waals surface area contributed by atoms with E-state index >= 15 is 0 Å². The Balaban J connectivity index is 1.58. The van der Waals surface area contributed by atoms with Gasteiger partial charge in [-0.25, -0.2) is 0 Å². The van der Waals surface area contributed by atoms with Gasteiger partial charge in [-0.1, -0.05) is 0 Å². The van der Waals surface area contributed by atoms with E-state index < -0.39 is 0 Å². The minimum atomic E-state index is -0.245. The second kappa shape index (κ2) is 5.66. The van der Waals surface area contributed by atoms with Crippen molar-refractivity contribution in [3.63, 3.8) is 0 Å². The van der Waals surface area contributed by atoms with Gasteiger partial charge in [0.05, 0.1) is 12.7 Å². The summed E-state index contributed by atoms with van der Waals surface area (Å²) in [6, 6.07) is 5.28. The van der Waals surface area contributed by atoms with Crippen LogP contribution >= 0.6 is 0 Å². The van der Waals surface area contributed by atoms with E-state index in [9.17, 15) is 4.79 Å². The minimum absolute atomic E-state index is 0.245. The van der Waals surface area contributed by atoms with Gasteiger partial charge in [0.15, 0.2) is 5.76 Å². The van der Waals surface area contributed by atoms with E-state index in [1.807, 2.05) is 25.5 Å². The van der Waals surface area contributed by atoms with Crippen molar-refractivity contribution in [1.29, 1.82) is 0 Å². The predicted octanol–water partition coefficient (Wildman–Crippen LogP) is 1.19. The van der Waals surface area contributed by atoms with Crippen LogP contribution in [0, 0.1) is 0 Å². The lowest BCUT2D eigenvalue weighted by Gasteiger charge is -2.01. The smallest absolute Gasteiger partial charge is 0.287 e. The van der Waals surface area contributed by atoms with Crippen molar-refractivity contribution in [1.82, 2.24) is 24.9 Å². The average molecular weight is 285 g/mol. The summed E-state index contributed by atoms with van der Waals surface area (Å²) in [5.74, 6) is 0.733. The van der Waals surface area contributed by atoms with Crippen LogP contribution in [-0.2, 0) is 20.1 Å². The Morgan fingerprint density at radius 3 is 3.00 bits per heavy atom. The summed E-state index contributed by atoms with van der Waals surface area (Å²) in [4.78, 5) is 12.0. The molecule has 21 heavy (non-hydrogen) atoms. The average Bonchev–Trinajstić information content (AvgIpc) is 3.19. The zero-order valence-electron chi connectivity index (χ0n) is 11.6. The van der Waals surface area contributed by atoms with Crippen molar-refractivity contribution >= 4 is 5.91 Å². The normalized spacial score (nSPS) is 10.7. The summed E-state index contributed by atoms with van der Waals surface area (Å²) >= 11 is 0. The number of amides is 1. The third-order valence-corrected chi connectivity index (χ3v) is 2.97. The molecule has 3 heterocycles. The van der Waals surface area contributed by atoms with Crippen LogP contribution in [0.25, 0.3) is 0 Å². The zero-order chi connectivity index (χ0) is 14.7. The second-order valence-corrected chi connectivity index (χ2v) is 4.67. The van der Waals surface area contributed by atoms with E-state index in [0.29, 0.717) is 24.6 Å². The number of nitrogens with zero attached hydrogens (tertiary/aromatic N) is 4. The molecule has 0 aliphatic heterocycles. The molecule has 7 heteroatoms. The van der Waals surface area contributed by atoms with Crippen LogP contribution in [0.5, 0.6) is 0 Å². The van der Waals surface area contributed by atoms with Gasteiger partial charge in [-0.2, -0.15) is 10.2 Å². The van der Waals surface area contributed by atoms with Crippen molar-refractivity contribution in [2.45, 2.75) is 13.1 Å². The molecule has 1 amide bonds. The molecule has 0 spiro atoms. The maximum absolute atomic E-state index is 12.0. The number of hydrogen-bond acceptors (Lipinski definition) is 4. The molecular formula is C14H15N5O2. The third kappa shape index (κ3) is 3.19. The fraction of sp³-hybridized carbons (Fsp3) is 0.214. The first-order valence-corrected chi connectivity index (χ1v) is 6.52. The number of rotatable bonds is 5. The molecule has 0 radical (unpaired) electrons. The molecule has 0 aromatic carbocycles. The highest BCUT2D eigenvalue weighted by Gasteiger charge is 2.11. The van der Waals surface area contributed by atoms with Crippen LogP contribution in [0.2, 0.25) is 0 Å². The highest BCUT2D eigenvalue weighted by molar-refractivity contribution is 5.91. The Bertz CT molecular complexity index is 726. The molecule has 3 rings (SSSR count). The number of furan rings is 1. The fourth-order valence-corrected chi connectivity index (χ4v) is 1.97. The van der Waals surface area contributed by atoms with Crippen molar-refractivity contribution in [3.8, 4) is 0 Å². The lowest BCUT2D eigenvalue weighted by molar-refractivity contribution is 0.0921. The van der Waals surface area contributed by atoms with Gasteiger partial charge in [-0.05, 0) is 18.2 Å². The third-order valence-electron chi connectivity index (χ3n) is 2.97. The molecule has 0 bridgehead atoms. The topological polar surface area (TPSA) is 77.9 Å². The molecule has 0 saturated heterocycles. The highest BCUT2D eigenvalue weighted by Crippen LogP contribution is 2.09. The van der Waals surface area contributed by atoms with E-state index in [1.54, 1.807) is 33.9 Å². The Morgan fingerprint density at radius 2 is 2.29 bits per heavy atom. The second-order valence-electron chi connectivity index (χ2n) is 4.67. The molecule has 0 aliphatic rings. The van der Waals surface area contributed by atoms with Gasteiger partial charge in [0.2, 0.25) is 0 Å². The molecule has 0 aliphatic carbocycles. The first-order valence-electron chi connectivity index (χ1n) is 6.52. The Labute approximate surface area is 121 Å². The zero-order valence-corrected chi connectivity index (χ0v) is 11.6. The monoisotopic (exact) mass is 285 g/mol. The summed E-state index contributed by atoms with van der Waals surface area (Å²) in [7, 11) is 1.83. The van der Waals surface area contributed by atoms with E-state index in [2.05, 4.69) is 15.5 Å². The van der Waals surface area contributed by atoms with E-state index in [1.165, 1.54) is 0 Å². The van der Waals surface area contributed by atoms with Gasteiger partial charge in [0.1, 0.15) is 5.76 Å². The van der Waals surface area contributed by atoms with Crippen LogP contribution in [0.15, 0.2) is 47.4 Å². The maximum atomic E-state index is 12.0. The van der Waals surface area contributed by atoms with Gasteiger partial charge >= 0.3 is 0 Å². The quantitative estimate of drug-likeness (QED) is 0.763. The lowest BCUT2D eigenvalue weighted by atomic mass is 10.3. The van der Waals surface area contributed by atoms with E-state index in [0.717, 1.165) is 5.56 Å². The van der Waals surface area contributed by atoms with E-state index in [-0.39, 0.29) is 5.91 Å². The maximum Gasteiger partial charge on any atom is 0.287 e. The molecule has 3 aromatic rings. The number of aryl methyl sites for hydroxylation is 1. The number of carbonyl (C=O) groups is 1. The lowest BCUT2D eigenvalue weighted by Crippen LogP contribution is -2.22. The molecular weight excluding hydrogens is 270 g/mol. The predicted molar refractivity (Wildman–Crippen MR) is 74.4 cm³/mol. The number of hydrogen-bond donors (Lipinski definition) is 1. The van der Waals surface area contributed by atoms with Gasteiger partial charge in [-0.15, -0.1) is 0 Å². The standard InChI is InChI=1S/C14H15N5O2/c1-18-9-11(8-17-18)7-15-14(20)13-4-3-12(21-13)10-19-6-2-5-16-19/h2-6,8-9H,7,10H2,1H3,(H,15,20). The summed E-state index contributed by atoms with van der Waals surface area (Å²) in [6.07, 6.45) is 7.10. The molecule has 108 valence electrons. The molecule has 0 unspecified atom stereocenters. The Kier molecular flexibility index (Phi) is 3.55. The SMILES string of the molecule is Cn1cc(CNC(=O)c2ccc(Cn3cccn3)o2)cn1. The Hall–Kier alpha value is -2.83. The van der Waals surface area contributed by atoms with Crippen LogP contribution in [0.3, 0.4) is 0 Å². The molecule has 0 fully saturated rings. The van der Waals surface area contributed by atoms with Crippen LogP contribution < -0.4 is 5.32 Å². The van der Waals surface area contributed by atoms with Crippen LogP contribution in [-0.4, -0.2) is 25.5 Å². The summed E-state index contributed by atoms with van der Waals surface area (Å²) in [5.41, 5.74) is 0.939. The van der Waals surface area contributed by atoms with Gasteiger partial charge < -0.3 is 9.73 Å². The van der Waals surface area contributed by atoms with Crippen molar-refractivity contribution in [2.75, 3.05) is 0 Å². The van der Waals surface area contributed by atoms with Crippen molar-refractivity contribution < 1.29 is 9.21 Å². The largest absolute Gasteiger partial charge is 0.454 e. The minimum Gasteiger partial charge on any atom is -0.454 e. The highest BCUT2D eigenvalue weighted by atomic mass is 16.4. The summed E-state index contributed by atoms with van der Waals surface area (Å²) in [5, 5.41) is 10.9. The van der Waals surface area contributed by atoms with Gasteiger partial charge in [-0.3, -0.25) is 14.2 Å². The molecule has 3 aromatic heterocycles. The molecule has 7 nitrogen and oxygen atoms in total. The number of nitrogens with one attached hydrogen (secondary N) is 1. The number of carbonyl (C=O) groups excluding carboxylic acids is 1. The number of aromatic nitrogens is 4. The van der Waals surface area contributed by atoms with Gasteiger partial charge in [0.25, 0.3) is 5.91 Å². The van der Waals surface area contributed by atoms with Crippen molar-refractivity contribution in [3.05, 3.63) is 60.1 Å². The van der Waals surface area contributed by atoms with Gasteiger partial charge in [0, 0.05) is 37.7 Å². The molecule has 1 N–H and O–H groups in total. The van der Waals surface area contributed by atoms with Crippen LogP contribution in [0.4, 0.5) is 0 Å². The summed E-state index contributed by atoms with van der Waals surface area (Å²) < 4.78 is 8.94. The van der Waals surface area contributed by atoms with Crippen molar-refractivity contribution in [2.24, 2.45) is 7.05 Å². The molecule has 0 atom stereocenters. The Morgan fingerprint density at radius 1 is 1.38 bits per heavy atom. The summed E-state index contributed by atoms with van der Waals surface area (Å²) in [6.45, 7) is 0.921. The first kappa shape index (κ1) is 13.2. The van der Waals surface area contributed by atoms with E-state index in [4.69, 9.17) is 4.42 Å². The fourth-order valence-electron chi connectivity index (χ4n) is 1.97. The molecule has 0 saturated carbocycles. The first-order chi connectivity index (χ1) is 10.2.